The van der Waals surface area contributed by atoms with E-state index in [1.165, 1.54) is 0 Å². The number of amides is 3. The van der Waals surface area contributed by atoms with E-state index in [1.54, 1.807) is 13.8 Å². The van der Waals surface area contributed by atoms with E-state index in [0.717, 1.165) is 16.7 Å². The third-order valence-electron chi connectivity index (χ3n) is 3.78. The molecular weight excluding hydrogens is 332 g/mol. The Balaban J connectivity index is 2.00. The molecular formula is C20H22N2O4. The van der Waals surface area contributed by atoms with E-state index in [0.29, 0.717) is 0 Å². The molecule has 0 aliphatic heterocycles. The normalized spacial score (nSPS) is 11.7. The number of urea groups is 1. The van der Waals surface area contributed by atoms with E-state index >= 15 is 0 Å². The van der Waals surface area contributed by atoms with E-state index in [9.17, 15) is 14.4 Å². The van der Waals surface area contributed by atoms with Crippen molar-refractivity contribution in [3.05, 3.63) is 60.2 Å². The number of carbonyl (C=O) groups excluding carboxylic acids is 3. The van der Waals surface area contributed by atoms with Crippen molar-refractivity contribution in [2.45, 2.75) is 26.4 Å². The van der Waals surface area contributed by atoms with Crippen molar-refractivity contribution in [3.63, 3.8) is 0 Å². The van der Waals surface area contributed by atoms with Crippen LogP contribution in [-0.4, -0.2) is 24.0 Å². The maximum absolute atomic E-state index is 12.2. The van der Waals surface area contributed by atoms with Gasteiger partial charge in [0.2, 0.25) is 0 Å². The number of rotatable bonds is 6. The Morgan fingerprint density at radius 1 is 0.962 bits per heavy atom. The van der Waals surface area contributed by atoms with Crippen molar-refractivity contribution in [1.29, 1.82) is 0 Å². The molecule has 0 saturated heterocycles. The van der Waals surface area contributed by atoms with Crippen LogP contribution in [0.1, 0.15) is 19.4 Å². The highest BCUT2D eigenvalue weighted by Gasteiger charge is 2.27. The molecule has 6 nitrogen and oxygen atoms in total. The van der Waals surface area contributed by atoms with E-state index in [4.69, 9.17) is 10.5 Å². The Morgan fingerprint density at radius 2 is 1.54 bits per heavy atom. The number of imide groups is 1. The lowest BCUT2D eigenvalue weighted by Gasteiger charge is -2.19. The highest BCUT2D eigenvalue weighted by molar-refractivity contribution is 5.96. The lowest BCUT2D eigenvalue weighted by atomic mass is 10.0. The summed E-state index contributed by atoms with van der Waals surface area (Å²) in [7, 11) is 0. The highest BCUT2D eigenvalue weighted by atomic mass is 16.5. The molecule has 2 aromatic rings. The lowest BCUT2D eigenvalue weighted by Crippen LogP contribution is -2.45. The lowest BCUT2D eigenvalue weighted by molar-refractivity contribution is -0.157. The van der Waals surface area contributed by atoms with E-state index in [1.807, 2.05) is 59.9 Å². The van der Waals surface area contributed by atoms with Gasteiger partial charge in [-0.05, 0) is 22.6 Å². The van der Waals surface area contributed by atoms with Crippen LogP contribution in [0, 0.1) is 5.92 Å². The molecule has 0 heterocycles. The van der Waals surface area contributed by atoms with Crippen LogP contribution in [0.25, 0.3) is 11.1 Å². The van der Waals surface area contributed by atoms with Gasteiger partial charge in [0.1, 0.15) is 0 Å². The zero-order valence-electron chi connectivity index (χ0n) is 14.8. The average Bonchev–Trinajstić information content (AvgIpc) is 2.60. The van der Waals surface area contributed by atoms with Crippen LogP contribution in [0.4, 0.5) is 4.79 Å². The molecule has 0 spiro atoms. The molecule has 0 unspecified atom stereocenters. The predicted octanol–water partition coefficient (Wildman–Crippen LogP) is 2.66. The Bertz CT molecular complexity index is 770. The SMILES string of the molecule is CC(C)[C@@H](OC(=O)Cc1ccc(-c2ccccc2)cc1)C(=O)NC(N)=O. The Morgan fingerprint density at radius 3 is 2.08 bits per heavy atom. The number of benzene rings is 2. The Hall–Kier alpha value is -3.15. The number of carbonyl (C=O) groups is 3. The van der Waals surface area contributed by atoms with Crippen LogP contribution in [0.3, 0.4) is 0 Å². The molecule has 0 bridgehead atoms. The number of hydrogen-bond donors (Lipinski definition) is 2. The van der Waals surface area contributed by atoms with E-state index in [-0.39, 0.29) is 12.3 Å². The second kappa shape index (κ2) is 8.80. The van der Waals surface area contributed by atoms with Gasteiger partial charge in [0.25, 0.3) is 5.91 Å². The van der Waals surface area contributed by atoms with Crippen molar-refractivity contribution in [2.75, 3.05) is 0 Å². The fourth-order valence-electron chi connectivity index (χ4n) is 2.48. The van der Waals surface area contributed by atoms with Gasteiger partial charge in [-0.1, -0.05) is 68.4 Å². The minimum absolute atomic E-state index is 0.0299. The minimum Gasteiger partial charge on any atom is -0.452 e. The van der Waals surface area contributed by atoms with Gasteiger partial charge >= 0.3 is 12.0 Å². The third kappa shape index (κ3) is 5.44. The molecule has 26 heavy (non-hydrogen) atoms. The van der Waals surface area contributed by atoms with Gasteiger partial charge in [0.15, 0.2) is 6.10 Å². The molecule has 0 aliphatic rings. The first-order valence-electron chi connectivity index (χ1n) is 8.31. The molecule has 0 fully saturated rings. The van der Waals surface area contributed by atoms with Crippen molar-refractivity contribution in [2.24, 2.45) is 11.7 Å². The summed E-state index contributed by atoms with van der Waals surface area (Å²) in [6.07, 6.45) is -1.04. The predicted molar refractivity (Wildman–Crippen MR) is 98.0 cm³/mol. The van der Waals surface area contributed by atoms with Crippen LogP contribution >= 0.6 is 0 Å². The summed E-state index contributed by atoms with van der Waals surface area (Å²) < 4.78 is 5.23. The maximum atomic E-state index is 12.2. The van der Waals surface area contributed by atoms with Gasteiger partial charge in [0.05, 0.1) is 6.42 Å². The summed E-state index contributed by atoms with van der Waals surface area (Å²) in [5, 5.41) is 1.94. The van der Waals surface area contributed by atoms with Gasteiger partial charge in [-0.25, -0.2) is 4.79 Å². The fraction of sp³-hybridized carbons (Fsp3) is 0.250. The minimum atomic E-state index is -1.07. The van der Waals surface area contributed by atoms with E-state index in [2.05, 4.69) is 0 Å². The smallest absolute Gasteiger partial charge is 0.318 e. The molecule has 0 saturated carbocycles. The molecule has 136 valence electrons. The van der Waals surface area contributed by atoms with Crippen LogP contribution in [0.15, 0.2) is 54.6 Å². The van der Waals surface area contributed by atoms with Gasteiger partial charge in [-0.3, -0.25) is 14.9 Å². The van der Waals surface area contributed by atoms with Crippen molar-refractivity contribution < 1.29 is 19.1 Å². The molecule has 1 atom stereocenters. The monoisotopic (exact) mass is 354 g/mol. The van der Waals surface area contributed by atoms with Crippen LogP contribution < -0.4 is 11.1 Å². The molecule has 2 aromatic carbocycles. The van der Waals surface area contributed by atoms with Crippen LogP contribution in [-0.2, 0) is 20.7 Å². The van der Waals surface area contributed by atoms with Crippen molar-refractivity contribution in [3.8, 4) is 11.1 Å². The first-order chi connectivity index (χ1) is 12.4. The van der Waals surface area contributed by atoms with Crippen LogP contribution in [0.2, 0.25) is 0 Å². The molecule has 6 heteroatoms. The zero-order chi connectivity index (χ0) is 19.1. The number of nitrogens with two attached hydrogens (primary N) is 1. The number of nitrogens with one attached hydrogen (secondary N) is 1. The molecule has 0 radical (unpaired) electrons. The second-order valence-corrected chi connectivity index (χ2v) is 6.25. The molecule has 0 aromatic heterocycles. The maximum Gasteiger partial charge on any atom is 0.318 e. The standard InChI is InChI=1S/C20H22N2O4/c1-13(2)18(19(24)22-20(21)25)26-17(23)12-14-8-10-16(11-9-14)15-6-4-3-5-7-15/h3-11,13,18H,12H2,1-2H3,(H3,21,22,24,25)/t18-/m1/s1. The summed E-state index contributed by atoms with van der Waals surface area (Å²) in [4.78, 5) is 34.9. The Labute approximate surface area is 152 Å². The molecule has 2 rings (SSSR count). The quantitative estimate of drug-likeness (QED) is 0.779. The number of esters is 1. The van der Waals surface area contributed by atoms with Crippen molar-refractivity contribution >= 4 is 17.9 Å². The van der Waals surface area contributed by atoms with E-state index < -0.39 is 24.0 Å². The van der Waals surface area contributed by atoms with Crippen molar-refractivity contribution in [1.82, 2.24) is 5.32 Å². The van der Waals surface area contributed by atoms with Gasteiger partial charge in [-0.2, -0.15) is 0 Å². The summed E-state index contributed by atoms with van der Waals surface area (Å²) in [6, 6.07) is 16.5. The molecule has 3 amide bonds. The largest absolute Gasteiger partial charge is 0.452 e. The molecule has 0 aliphatic carbocycles. The van der Waals surface area contributed by atoms with Gasteiger partial charge < -0.3 is 10.5 Å². The van der Waals surface area contributed by atoms with Gasteiger partial charge in [-0.15, -0.1) is 0 Å². The number of ether oxygens (including phenoxy) is 1. The first kappa shape index (κ1) is 19.2. The molecule has 3 N–H and O–H groups in total. The summed E-state index contributed by atoms with van der Waals surface area (Å²) in [6.45, 7) is 3.43. The Kier molecular flexibility index (Phi) is 6.49. The summed E-state index contributed by atoms with van der Waals surface area (Å²) >= 11 is 0. The summed E-state index contributed by atoms with van der Waals surface area (Å²) in [5.41, 5.74) is 7.84. The second-order valence-electron chi connectivity index (χ2n) is 6.25. The zero-order valence-corrected chi connectivity index (χ0v) is 14.8. The average molecular weight is 354 g/mol. The summed E-state index contributed by atoms with van der Waals surface area (Å²) in [5.74, 6) is -1.56. The first-order valence-corrected chi connectivity index (χ1v) is 8.31. The van der Waals surface area contributed by atoms with Crippen LogP contribution in [0.5, 0.6) is 0 Å². The number of primary amides is 1. The highest BCUT2D eigenvalue weighted by Crippen LogP contribution is 2.19. The van der Waals surface area contributed by atoms with Gasteiger partial charge in [0, 0.05) is 0 Å². The fourth-order valence-corrected chi connectivity index (χ4v) is 2.48. The number of hydrogen-bond acceptors (Lipinski definition) is 4. The topological polar surface area (TPSA) is 98.5 Å². The third-order valence-corrected chi connectivity index (χ3v) is 3.78.